The minimum atomic E-state index is -0.342. The summed E-state index contributed by atoms with van der Waals surface area (Å²) in [5.74, 6) is -0.173. The smallest absolute Gasteiger partial charge is 0.140 e. The van der Waals surface area contributed by atoms with E-state index in [9.17, 15) is 4.39 Å². The number of halogens is 2. The van der Waals surface area contributed by atoms with Crippen LogP contribution in [0.4, 0.5) is 4.39 Å². The highest BCUT2D eigenvalue weighted by molar-refractivity contribution is 9.10. The molecule has 1 saturated carbocycles. The van der Waals surface area contributed by atoms with Crippen LogP contribution >= 0.6 is 15.9 Å². The first-order valence-corrected chi connectivity index (χ1v) is 6.58. The number of rotatable bonds is 1. The van der Waals surface area contributed by atoms with Crippen LogP contribution in [0.15, 0.2) is 16.6 Å². The van der Waals surface area contributed by atoms with Crippen molar-refractivity contribution in [3.05, 3.63) is 33.5 Å². The first-order chi connectivity index (χ1) is 7.54. The number of nitrogens with two attached hydrogens (primary N) is 1. The van der Waals surface area contributed by atoms with Crippen LogP contribution in [0, 0.1) is 12.7 Å². The fourth-order valence-electron chi connectivity index (χ4n) is 2.48. The van der Waals surface area contributed by atoms with E-state index in [1.807, 2.05) is 12.1 Å². The van der Waals surface area contributed by atoms with Gasteiger partial charge >= 0.3 is 0 Å². The highest BCUT2D eigenvalue weighted by Crippen LogP contribution is 2.39. The molecule has 2 rings (SSSR count). The SMILES string of the molecule is Cc1ccc(C2(N)CCCCC2)c(Br)c1F. The average Bonchev–Trinajstić information content (AvgIpc) is 2.27. The van der Waals surface area contributed by atoms with Crippen molar-refractivity contribution in [1.29, 1.82) is 0 Å². The van der Waals surface area contributed by atoms with E-state index < -0.39 is 0 Å². The van der Waals surface area contributed by atoms with Gasteiger partial charge in [0.1, 0.15) is 5.82 Å². The van der Waals surface area contributed by atoms with Crippen molar-refractivity contribution in [2.75, 3.05) is 0 Å². The maximum absolute atomic E-state index is 13.8. The van der Waals surface area contributed by atoms with Crippen LogP contribution in [0.2, 0.25) is 0 Å². The topological polar surface area (TPSA) is 26.0 Å². The third-order valence-corrected chi connectivity index (χ3v) is 4.33. The molecule has 0 amide bonds. The molecule has 1 aliphatic rings. The molecule has 1 fully saturated rings. The number of hydrogen-bond donors (Lipinski definition) is 1. The average molecular weight is 286 g/mol. The molecule has 1 aromatic rings. The van der Waals surface area contributed by atoms with E-state index in [0.717, 1.165) is 31.2 Å². The Hall–Kier alpha value is -0.410. The fraction of sp³-hybridized carbons (Fsp3) is 0.538. The lowest BCUT2D eigenvalue weighted by molar-refractivity contribution is 0.300. The van der Waals surface area contributed by atoms with Crippen molar-refractivity contribution in [2.45, 2.75) is 44.6 Å². The van der Waals surface area contributed by atoms with Crippen molar-refractivity contribution >= 4 is 15.9 Å². The lowest BCUT2D eigenvalue weighted by Crippen LogP contribution is -2.39. The van der Waals surface area contributed by atoms with Gasteiger partial charge in [-0.05, 0) is 46.8 Å². The molecule has 0 spiro atoms. The molecular formula is C13H17BrFN. The van der Waals surface area contributed by atoms with E-state index in [1.54, 1.807) is 6.92 Å². The van der Waals surface area contributed by atoms with Gasteiger partial charge in [-0.15, -0.1) is 0 Å². The molecular weight excluding hydrogens is 269 g/mol. The molecule has 2 N–H and O–H groups in total. The predicted octanol–water partition coefficient (Wildman–Crippen LogP) is 4.01. The molecule has 1 aromatic carbocycles. The van der Waals surface area contributed by atoms with Crippen molar-refractivity contribution in [1.82, 2.24) is 0 Å². The van der Waals surface area contributed by atoms with Gasteiger partial charge in [-0.2, -0.15) is 0 Å². The molecule has 0 atom stereocenters. The van der Waals surface area contributed by atoms with Crippen molar-refractivity contribution in [3.8, 4) is 0 Å². The normalized spacial score (nSPS) is 19.8. The van der Waals surface area contributed by atoms with Gasteiger partial charge in [0, 0.05) is 5.54 Å². The summed E-state index contributed by atoms with van der Waals surface area (Å²) in [6.07, 6.45) is 5.42. The largest absolute Gasteiger partial charge is 0.321 e. The van der Waals surface area contributed by atoms with Crippen molar-refractivity contribution in [3.63, 3.8) is 0 Å². The van der Waals surface area contributed by atoms with Gasteiger partial charge < -0.3 is 5.73 Å². The van der Waals surface area contributed by atoms with Crippen LogP contribution < -0.4 is 5.73 Å². The van der Waals surface area contributed by atoms with Crippen LogP contribution in [-0.2, 0) is 5.54 Å². The fourth-order valence-corrected chi connectivity index (χ4v) is 3.32. The molecule has 16 heavy (non-hydrogen) atoms. The third kappa shape index (κ3) is 2.03. The van der Waals surface area contributed by atoms with Crippen molar-refractivity contribution < 1.29 is 4.39 Å². The minimum Gasteiger partial charge on any atom is -0.321 e. The summed E-state index contributed by atoms with van der Waals surface area (Å²) in [5.41, 5.74) is 7.65. The van der Waals surface area contributed by atoms with E-state index in [2.05, 4.69) is 15.9 Å². The summed E-state index contributed by atoms with van der Waals surface area (Å²) < 4.78 is 14.4. The predicted molar refractivity (Wildman–Crippen MR) is 67.8 cm³/mol. The van der Waals surface area contributed by atoms with Crippen LogP contribution in [0.5, 0.6) is 0 Å². The van der Waals surface area contributed by atoms with Crippen LogP contribution in [0.1, 0.15) is 43.2 Å². The Bertz CT molecular complexity index is 397. The molecule has 0 radical (unpaired) electrons. The van der Waals surface area contributed by atoms with Gasteiger partial charge in [0.05, 0.1) is 4.47 Å². The maximum atomic E-state index is 13.8. The van der Waals surface area contributed by atoms with Gasteiger partial charge in [0.25, 0.3) is 0 Å². The van der Waals surface area contributed by atoms with Crippen LogP contribution in [-0.4, -0.2) is 0 Å². The second-order valence-corrected chi connectivity index (χ2v) is 5.57. The Morgan fingerprint density at radius 2 is 1.88 bits per heavy atom. The number of benzene rings is 1. The molecule has 0 heterocycles. The molecule has 0 unspecified atom stereocenters. The van der Waals surface area contributed by atoms with E-state index in [4.69, 9.17) is 5.73 Å². The van der Waals surface area contributed by atoms with Gasteiger partial charge in [-0.25, -0.2) is 4.39 Å². The van der Waals surface area contributed by atoms with Crippen molar-refractivity contribution in [2.24, 2.45) is 5.73 Å². The Labute approximate surface area is 104 Å². The van der Waals surface area contributed by atoms with Gasteiger partial charge in [0.15, 0.2) is 0 Å². The summed E-state index contributed by atoms with van der Waals surface area (Å²) in [6.45, 7) is 1.77. The van der Waals surface area contributed by atoms with Gasteiger partial charge in [-0.3, -0.25) is 0 Å². The highest BCUT2D eigenvalue weighted by atomic mass is 79.9. The molecule has 0 saturated heterocycles. The molecule has 1 nitrogen and oxygen atoms in total. The summed E-state index contributed by atoms with van der Waals surface area (Å²) >= 11 is 3.35. The van der Waals surface area contributed by atoms with E-state index in [0.29, 0.717) is 10.0 Å². The Morgan fingerprint density at radius 1 is 1.25 bits per heavy atom. The van der Waals surface area contributed by atoms with E-state index in [-0.39, 0.29) is 11.4 Å². The Kier molecular flexibility index (Phi) is 3.36. The standard InChI is InChI=1S/C13H17BrFN/c1-9-5-6-10(11(14)12(9)15)13(16)7-3-2-4-8-13/h5-6H,2-4,7-8,16H2,1H3. The monoisotopic (exact) mass is 285 g/mol. The zero-order chi connectivity index (χ0) is 11.8. The second kappa shape index (κ2) is 4.46. The summed E-state index contributed by atoms with van der Waals surface area (Å²) in [6, 6.07) is 3.78. The number of hydrogen-bond acceptors (Lipinski definition) is 1. The first kappa shape index (κ1) is 12.1. The lowest BCUT2D eigenvalue weighted by Gasteiger charge is -2.34. The zero-order valence-electron chi connectivity index (χ0n) is 9.52. The Morgan fingerprint density at radius 3 is 2.50 bits per heavy atom. The lowest BCUT2D eigenvalue weighted by atomic mass is 9.77. The molecule has 0 aliphatic heterocycles. The van der Waals surface area contributed by atoms with Crippen LogP contribution in [0.25, 0.3) is 0 Å². The highest BCUT2D eigenvalue weighted by Gasteiger charge is 2.32. The van der Waals surface area contributed by atoms with E-state index >= 15 is 0 Å². The van der Waals surface area contributed by atoms with Gasteiger partial charge in [-0.1, -0.05) is 31.4 Å². The molecule has 88 valence electrons. The quantitative estimate of drug-likeness (QED) is 0.829. The zero-order valence-corrected chi connectivity index (χ0v) is 11.1. The summed E-state index contributed by atoms with van der Waals surface area (Å²) in [5, 5.41) is 0. The summed E-state index contributed by atoms with van der Waals surface area (Å²) in [7, 11) is 0. The molecule has 3 heteroatoms. The molecule has 0 aromatic heterocycles. The number of aryl methyl sites for hydroxylation is 1. The third-order valence-electron chi connectivity index (χ3n) is 3.56. The maximum Gasteiger partial charge on any atom is 0.140 e. The van der Waals surface area contributed by atoms with E-state index in [1.165, 1.54) is 6.42 Å². The summed E-state index contributed by atoms with van der Waals surface area (Å²) in [4.78, 5) is 0. The van der Waals surface area contributed by atoms with Crippen LogP contribution in [0.3, 0.4) is 0 Å². The minimum absolute atomic E-state index is 0.173. The molecule has 1 aliphatic carbocycles. The van der Waals surface area contributed by atoms with Gasteiger partial charge in [0.2, 0.25) is 0 Å². The second-order valence-electron chi connectivity index (χ2n) is 4.77. The first-order valence-electron chi connectivity index (χ1n) is 5.78. The molecule has 0 bridgehead atoms. The Balaban J connectivity index is 2.43.